The molecule has 4 N–H and O–H groups in total. The topological polar surface area (TPSA) is 167 Å². The summed E-state index contributed by atoms with van der Waals surface area (Å²) < 4.78 is 14.0. The molecular formula is C47H69N7O7S4. The molecule has 14 nitrogen and oxygen atoms in total. The molecule has 2 aromatic heterocycles. The maximum Gasteiger partial charge on any atom is 0.324 e. The standard InChI is InChI=1S/C47H61N7O7.4H2S/c1-8-53-40-12-11-30-22-35(40)36(42(53)37-25-49-16-14-32(37)26-60-7)23-47(4,5)27-61-46(59)38-10-9-17-54(51-38)45(58)39(20-29-18-33(30)21-34(55)19-29)50-43(56)41(28(2)3)52(6)44(57)31-13-15-48-24-31;;;;/h11-12,14,16,18-19,21-22,25,28,31,38-39,41,48,51,55H,8-10,13,15,17,20,23-24,26-27H2,1-7H3,(H,50,56);4*1H2/t31-,38-,39-,41-;;;;/m0..../s1. The number of nitrogens with zero attached hydrogens (tertiary/aromatic N) is 4. The Bertz CT molecular complexity index is 2300. The van der Waals surface area contributed by atoms with Crippen LogP contribution >= 0.6 is 54.0 Å². The second-order valence-electron chi connectivity index (χ2n) is 18.0. The Labute approximate surface area is 411 Å². The predicted molar refractivity (Wildman–Crippen MR) is 275 cm³/mol. The molecule has 2 aromatic carbocycles. The van der Waals surface area contributed by atoms with Crippen molar-refractivity contribution in [2.45, 2.75) is 98.0 Å². The van der Waals surface area contributed by atoms with E-state index in [2.05, 4.69) is 58.5 Å². The minimum atomic E-state index is -1.10. The fourth-order valence-corrected chi connectivity index (χ4v) is 9.40. The normalized spacial score (nSPS) is 19.9. The first-order valence-electron chi connectivity index (χ1n) is 21.6. The number of ether oxygens (including phenoxy) is 2. The van der Waals surface area contributed by atoms with Crippen LogP contribution in [0.5, 0.6) is 5.75 Å². The van der Waals surface area contributed by atoms with Gasteiger partial charge in [0.25, 0.3) is 5.91 Å². The van der Waals surface area contributed by atoms with Crippen LogP contribution in [0.3, 0.4) is 0 Å². The molecule has 18 heteroatoms. The third-order valence-electron chi connectivity index (χ3n) is 12.4. The number of aromatic nitrogens is 2. The third-order valence-corrected chi connectivity index (χ3v) is 12.4. The largest absolute Gasteiger partial charge is 0.508 e. The van der Waals surface area contributed by atoms with E-state index in [4.69, 9.17) is 9.47 Å². The molecule has 3 aliphatic rings. The molecule has 2 fully saturated rings. The summed E-state index contributed by atoms with van der Waals surface area (Å²) >= 11 is 0. The van der Waals surface area contributed by atoms with Crippen molar-refractivity contribution in [3.8, 4) is 28.1 Å². The van der Waals surface area contributed by atoms with Crippen molar-refractivity contribution in [3.63, 3.8) is 0 Å². The van der Waals surface area contributed by atoms with Crippen molar-refractivity contribution in [2.24, 2.45) is 17.3 Å². The Morgan fingerprint density at radius 3 is 2.49 bits per heavy atom. The van der Waals surface area contributed by atoms with Gasteiger partial charge in [-0.15, -0.1) is 0 Å². The van der Waals surface area contributed by atoms with E-state index in [1.165, 1.54) is 9.91 Å². The maximum absolute atomic E-state index is 14.6. The van der Waals surface area contributed by atoms with Gasteiger partial charge < -0.3 is 34.7 Å². The lowest BCUT2D eigenvalue weighted by Crippen LogP contribution is -2.62. The first kappa shape index (κ1) is 55.4. The lowest BCUT2D eigenvalue weighted by Gasteiger charge is -2.37. The number of aryl methyl sites for hydroxylation is 1. The quantitative estimate of drug-likeness (QED) is 0.159. The number of phenols is 1. The van der Waals surface area contributed by atoms with Gasteiger partial charge in [0.1, 0.15) is 23.9 Å². The summed E-state index contributed by atoms with van der Waals surface area (Å²) in [6.07, 6.45) is 5.95. The van der Waals surface area contributed by atoms with Crippen molar-refractivity contribution >= 4 is 88.6 Å². The number of benzene rings is 2. The number of cyclic esters (lactones) is 1. The maximum atomic E-state index is 14.6. The Morgan fingerprint density at radius 2 is 1.82 bits per heavy atom. The summed E-state index contributed by atoms with van der Waals surface area (Å²) in [6.45, 7) is 12.9. The van der Waals surface area contributed by atoms with Gasteiger partial charge in [-0.25, -0.2) is 5.43 Å². The van der Waals surface area contributed by atoms with Crippen molar-refractivity contribution < 1.29 is 33.8 Å². The molecule has 7 rings (SSSR count). The number of aromatic hydroxyl groups is 1. The highest BCUT2D eigenvalue weighted by atomic mass is 32.1. The summed E-state index contributed by atoms with van der Waals surface area (Å²) in [5.74, 6) is -1.93. The van der Waals surface area contributed by atoms with E-state index in [9.17, 15) is 24.3 Å². The van der Waals surface area contributed by atoms with E-state index < -0.39 is 41.3 Å². The number of hydrogen-bond acceptors (Lipinski definition) is 10. The van der Waals surface area contributed by atoms with Crippen molar-refractivity contribution in [2.75, 3.05) is 40.4 Å². The van der Waals surface area contributed by atoms with Crippen LogP contribution in [-0.2, 0) is 54.6 Å². The zero-order valence-electron chi connectivity index (χ0n) is 38.5. The van der Waals surface area contributed by atoms with Gasteiger partial charge in [-0.2, -0.15) is 54.0 Å². The number of carbonyl (C=O) groups is 4. The molecule has 3 amide bonds. The second-order valence-corrected chi connectivity index (χ2v) is 18.0. The molecule has 2 saturated heterocycles. The lowest BCUT2D eigenvalue weighted by molar-refractivity contribution is -0.155. The molecule has 3 aliphatic heterocycles. The molecule has 0 aliphatic carbocycles. The van der Waals surface area contributed by atoms with E-state index in [1.54, 1.807) is 32.5 Å². The zero-order valence-corrected chi connectivity index (χ0v) is 42.5. The molecule has 0 spiro atoms. The number of pyridine rings is 1. The average molecular weight is 972 g/mol. The molecule has 4 aromatic rings. The summed E-state index contributed by atoms with van der Waals surface area (Å²) in [6, 6.07) is 10.8. The van der Waals surface area contributed by atoms with Gasteiger partial charge >= 0.3 is 5.97 Å². The number of nitrogens with one attached hydrogen (secondary N) is 3. The Balaban J connectivity index is 0.00000281. The molecule has 358 valence electrons. The zero-order chi connectivity index (χ0) is 43.6. The van der Waals surface area contributed by atoms with Gasteiger partial charge in [-0.05, 0) is 103 Å². The van der Waals surface area contributed by atoms with Gasteiger partial charge in [-0.3, -0.25) is 29.2 Å². The number of hydrogen-bond donors (Lipinski definition) is 4. The minimum absolute atomic E-state index is 0. The van der Waals surface area contributed by atoms with E-state index in [0.717, 1.165) is 51.0 Å². The highest BCUT2D eigenvalue weighted by molar-refractivity contribution is 7.59. The van der Waals surface area contributed by atoms with E-state index >= 15 is 0 Å². The fourth-order valence-electron chi connectivity index (χ4n) is 9.40. The Kier molecular flexibility index (Phi) is 20.2. The highest BCUT2D eigenvalue weighted by Gasteiger charge is 2.39. The molecule has 0 saturated carbocycles. The minimum Gasteiger partial charge on any atom is -0.508 e. The second kappa shape index (κ2) is 23.7. The molecule has 0 unspecified atom stereocenters. The van der Waals surface area contributed by atoms with Crippen LogP contribution in [-0.4, -0.2) is 107 Å². The van der Waals surface area contributed by atoms with Crippen LogP contribution in [0.2, 0.25) is 0 Å². The number of esters is 1. The van der Waals surface area contributed by atoms with Gasteiger partial charge in [0.05, 0.1) is 24.8 Å². The van der Waals surface area contributed by atoms with Gasteiger partial charge in [-0.1, -0.05) is 39.8 Å². The van der Waals surface area contributed by atoms with Crippen LogP contribution in [0.15, 0.2) is 54.9 Å². The van der Waals surface area contributed by atoms with Crippen LogP contribution < -0.4 is 16.1 Å². The summed E-state index contributed by atoms with van der Waals surface area (Å²) in [5.41, 5.74) is 9.92. The molecular weight excluding hydrogens is 903 g/mol. The van der Waals surface area contributed by atoms with Crippen LogP contribution in [0.25, 0.3) is 33.3 Å². The summed E-state index contributed by atoms with van der Waals surface area (Å²) in [4.78, 5) is 62.4. The number of carbonyl (C=O) groups excluding carboxylic acids is 4. The number of hydrazine groups is 1. The molecule has 65 heavy (non-hydrogen) atoms. The number of amides is 3. The molecule has 0 radical (unpaired) electrons. The third kappa shape index (κ3) is 12.2. The van der Waals surface area contributed by atoms with Crippen molar-refractivity contribution in [1.29, 1.82) is 0 Å². The van der Waals surface area contributed by atoms with E-state index in [1.807, 2.05) is 38.2 Å². The van der Waals surface area contributed by atoms with Crippen LogP contribution in [0.4, 0.5) is 0 Å². The fraction of sp³-hybridized carbons (Fsp3) is 0.511. The number of fused-ring (bicyclic) bond motifs is 6. The average Bonchev–Trinajstić information content (AvgIpc) is 3.88. The van der Waals surface area contributed by atoms with Crippen LogP contribution in [0.1, 0.15) is 70.6 Å². The van der Waals surface area contributed by atoms with E-state index in [0.29, 0.717) is 57.5 Å². The van der Waals surface area contributed by atoms with Crippen molar-refractivity contribution in [3.05, 3.63) is 71.5 Å². The molecule has 4 atom stereocenters. The molecule has 6 bridgehead atoms. The first-order chi connectivity index (χ1) is 29.2. The monoisotopic (exact) mass is 971 g/mol. The highest BCUT2D eigenvalue weighted by Crippen LogP contribution is 2.41. The number of phenolic OH excluding ortho intramolecular Hbond substituents is 1. The Morgan fingerprint density at radius 1 is 1.06 bits per heavy atom. The van der Waals surface area contributed by atoms with Crippen LogP contribution in [0, 0.1) is 17.3 Å². The predicted octanol–water partition coefficient (Wildman–Crippen LogP) is 5.43. The van der Waals surface area contributed by atoms with Crippen molar-refractivity contribution in [1.82, 2.24) is 35.5 Å². The van der Waals surface area contributed by atoms with E-state index in [-0.39, 0.29) is 90.5 Å². The molecule has 5 heterocycles. The lowest BCUT2D eigenvalue weighted by atomic mass is 9.84. The smallest absolute Gasteiger partial charge is 0.324 e. The van der Waals surface area contributed by atoms with Gasteiger partial charge in [0.2, 0.25) is 11.8 Å². The summed E-state index contributed by atoms with van der Waals surface area (Å²) in [5, 5.41) is 19.9. The number of rotatable bonds is 9. The first-order valence-corrected chi connectivity index (χ1v) is 21.6. The van der Waals surface area contributed by atoms with Gasteiger partial charge in [0, 0.05) is 74.5 Å². The van der Waals surface area contributed by atoms with Gasteiger partial charge in [0.15, 0.2) is 0 Å². The number of methoxy groups -OCH3 is 1. The SMILES string of the molecule is CCn1c(-c2cnccc2COC)c2c3cc(ccc31)-c1cc(O)cc(c1)C[C@H](NC(=O)[C@H](C(C)C)N(C)C(=O)[C@H]1CCNC1)C(=O)N1CCC[C@H](N1)C(=O)OCC(C)(C)C2.S.S.S.S. The summed E-state index contributed by atoms with van der Waals surface area (Å²) in [7, 11) is 3.33. The number of likely N-dealkylation sites (N-methyl/N-ethyl adjacent to an activating group) is 1. The Hall–Kier alpha value is -3.91.